The largest absolute Gasteiger partial charge is 0.472 e. The third-order valence-electron chi connectivity index (χ3n) is 19.0. The summed E-state index contributed by atoms with van der Waals surface area (Å²) in [5.74, 6) is 0.291. The molecule has 0 fully saturated rings. The first-order chi connectivity index (χ1) is 47.8. The molecule has 99 heavy (non-hydrogen) atoms. The van der Waals surface area contributed by atoms with E-state index in [1.807, 2.05) is 0 Å². The van der Waals surface area contributed by atoms with Gasteiger partial charge in [-0.05, 0) is 43.4 Å². The Kier molecular flexibility index (Phi) is 69.0. The van der Waals surface area contributed by atoms with Gasteiger partial charge in [-0.3, -0.25) is 37.3 Å². The van der Waals surface area contributed by atoms with Gasteiger partial charge in [-0.25, -0.2) is 9.13 Å². The lowest BCUT2D eigenvalue weighted by atomic mass is 9.99. The van der Waals surface area contributed by atoms with Gasteiger partial charge in [0.15, 0.2) is 12.2 Å². The molecule has 588 valence electrons. The van der Waals surface area contributed by atoms with Crippen LogP contribution in [0.4, 0.5) is 0 Å². The van der Waals surface area contributed by atoms with Crippen LogP contribution in [0, 0.1) is 17.8 Å². The highest BCUT2D eigenvalue weighted by molar-refractivity contribution is 7.47. The Balaban J connectivity index is 5.19. The first-order valence-electron chi connectivity index (χ1n) is 41.4. The number of aliphatic hydroxyl groups excluding tert-OH is 1. The van der Waals surface area contributed by atoms with Gasteiger partial charge in [-0.15, -0.1) is 0 Å². The van der Waals surface area contributed by atoms with Crippen LogP contribution < -0.4 is 0 Å². The molecule has 0 aliphatic rings. The van der Waals surface area contributed by atoms with Crippen molar-refractivity contribution in [1.29, 1.82) is 0 Å². The predicted molar refractivity (Wildman–Crippen MR) is 405 cm³/mol. The Labute approximate surface area is 607 Å². The molecule has 0 aromatic heterocycles. The average molecular weight is 1450 g/mol. The summed E-state index contributed by atoms with van der Waals surface area (Å²) < 4.78 is 68.6. The second kappa shape index (κ2) is 70.4. The molecular weight excluding hydrogens is 1290 g/mol. The summed E-state index contributed by atoms with van der Waals surface area (Å²) in [6.45, 7) is 12.0. The van der Waals surface area contributed by atoms with Gasteiger partial charge < -0.3 is 33.8 Å². The van der Waals surface area contributed by atoms with E-state index in [2.05, 4.69) is 48.5 Å². The minimum absolute atomic E-state index is 0.105. The topological polar surface area (TPSA) is 237 Å². The molecule has 3 N–H and O–H groups in total. The number of phosphoric acid groups is 2. The highest BCUT2D eigenvalue weighted by Crippen LogP contribution is 2.45. The Morgan fingerprint density at radius 3 is 0.768 bits per heavy atom. The van der Waals surface area contributed by atoms with E-state index in [0.29, 0.717) is 25.7 Å². The van der Waals surface area contributed by atoms with E-state index in [-0.39, 0.29) is 25.7 Å². The van der Waals surface area contributed by atoms with Crippen molar-refractivity contribution in [1.82, 2.24) is 0 Å². The van der Waals surface area contributed by atoms with Crippen LogP contribution in [0.1, 0.15) is 414 Å². The first-order valence-corrected chi connectivity index (χ1v) is 44.4. The van der Waals surface area contributed by atoms with Crippen molar-refractivity contribution in [3.05, 3.63) is 0 Å². The predicted octanol–water partition coefficient (Wildman–Crippen LogP) is 23.7. The molecule has 0 aliphatic carbocycles. The maximum atomic E-state index is 13.1. The number of ether oxygens (including phenoxy) is 4. The molecule has 0 radical (unpaired) electrons. The van der Waals surface area contributed by atoms with E-state index in [1.54, 1.807) is 0 Å². The molecule has 0 aliphatic heterocycles. The molecular formula is C80H156O17P2. The number of rotatable bonds is 78. The van der Waals surface area contributed by atoms with Crippen LogP contribution >= 0.6 is 15.6 Å². The molecule has 0 rings (SSSR count). The molecule has 17 nitrogen and oxygen atoms in total. The molecule has 19 heteroatoms. The fraction of sp³-hybridized carbons (Fsp3) is 0.950. The van der Waals surface area contributed by atoms with E-state index in [0.717, 1.165) is 114 Å². The van der Waals surface area contributed by atoms with Crippen molar-refractivity contribution in [2.24, 2.45) is 17.8 Å². The maximum Gasteiger partial charge on any atom is 0.472 e. The van der Waals surface area contributed by atoms with E-state index < -0.39 is 97.5 Å². The van der Waals surface area contributed by atoms with Gasteiger partial charge in [0.2, 0.25) is 0 Å². The quantitative estimate of drug-likeness (QED) is 0.0222. The number of aliphatic hydroxyl groups is 1. The van der Waals surface area contributed by atoms with Crippen LogP contribution in [0.3, 0.4) is 0 Å². The number of hydrogen-bond acceptors (Lipinski definition) is 15. The summed E-state index contributed by atoms with van der Waals surface area (Å²) in [5.41, 5.74) is 0. The summed E-state index contributed by atoms with van der Waals surface area (Å²) in [4.78, 5) is 72.8. The lowest BCUT2D eigenvalue weighted by molar-refractivity contribution is -0.161. The minimum atomic E-state index is -4.96. The van der Waals surface area contributed by atoms with Crippen LogP contribution in [0.2, 0.25) is 0 Å². The number of phosphoric ester groups is 2. The van der Waals surface area contributed by atoms with Gasteiger partial charge in [0.25, 0.3) is 0 Å². The number of carbonyl (C=O) groups is 4. The van der Waals surface area contributed by atoms with Crippen LogP contribution in [-0.2, 0) is 65.4 Å². The second-order valence-electron chi connectivity index (χ2n) is 30.0. The molecule has 0 spiro atoms. The number of unbranched alkanes of at least 4 members (excludes halogenated alkanes) is 45. The van der Waals surface area contributed by atoms with Crippen LogP contribution in [0.25, 0.3) is 0 Å². The van der Waals surface area contributed by atoms with Crippen LogP contribution in [0.15, 0.2) is 0 Å². The summed E-state index contributed by atoms with van der Waals surface area (Å²) >= 11 is 0. The van der Waals surface area contributed by atoms with Crippen molar-refractivity contribution >= 4 is 39.5 Å². The van der Waals surface area contributed by atoms with Gasteiger partial charge in [-0.1, -0.05) is 363 Å². The third-order valence-corrected chi connectivity index (χ3v) is 20.9. The minimum Gasteiger partial charge on any atom is -0.462 e. The Morgan fingerprint density at radius 1 is 0.293 bits per heavy atom. The van der Waals surface area contributed by atoms with Gasteiger partial charge >= 0.3 is 39.5 Å². The molecule has 6 atom stereocenters. The van der Waals surface area contributed by atoms with E-state index in [4.69, 9.17) is 37.0 Å². The summed E-state index contributed by atoms with van der Waals surface area (Å²) in [5, 5.41) is 10.6. The molecule has 3 unspecified atom stereocenters. The highest BCUT2D eigenvalue weighted by Gasteiger charge is 2.30. The Bertz CT molecular complexity index is 1920. The fourth-order valence-corrected chi connectivity index (χ4v) is 13.9. The molecule has 0 saturated heterocycles. The van der Waals surface area contributed by atoms with Crippen molar-refractivity contribution in [3.8, 4) is 0 Å². The van der Waals surface area contributed by atoms with E-state index in [9.17, 15) is 43.2 Å². The van der Waals surface area contributed by atoms with E-state index in [1.165, 1.54) is 218 Å². The van der Waals surface area contributed by atoms with Gasteiger partial charge in [0.1, 0.15) is 19.3 Å². The van der Waals surface area contributed by atoms with Crippen molar-refractivity contribution in [2.45, 2.75) is 433 Å². The molecule has 0 aromatic rings. The Morgan fingerprint density at radius 2 is 0.515 bits per heavy atom. The maximum absolute atomic E-state index is 13.1. The lowest BCUT2D eigenvalue weighted by Crippen LogP contribution is -2.30. The monoisotopic (exact) mass is 1450 g/mol. The van der Waals surface area contributed by atoms with Crippen LogP contribution in [0.5, 0.6) is 0 Å². The molecule has 0 saturated carbocycles. The summed E-state index contributed by atoms with van der Waals surface area (Å²) in [7, 11) is -9.91. The molecule has 0 heterocycles. The lowest BCUT2D eigenvalue weighted by Gasteiger charge is -2.21. The van der Waals surface area contributed by atoms with Gasteiger partial charge in [-0.2, -0.15) is 0 Å². The van der Waals surface area contributed by atoms with Crippen molar-refractivity contribution < 1.29 is 80.2 Å². The normalized spacial score (nSPS) is 14.3. The Hall–Kier alpha value is -1.94. The summed E-state index contributed by atoms with van der Waals surface area (Å²) in [6.07, 6.45) is 58.4. The standard InChI is InChI=1S/C80H156O17P2/c1-8-10-11-12-13-40-47-54-61-77(82)90-67-75(97-80(85)64-57-50-43-36-30-32-38-45-52-59-72(5)6)69-94-98(86,87)92-65-74(81)66-93-99(88,89)95-70-76(68-91-78(83)62-55-48-41-34-28-24-21-20-23-27-33-39-46-53-60-73(7)9-2)96-79(84)63-56-49-42-35-29-25-19-17-15-14-16-18-22-26-31-37-44-51-58-71(3)4/h71-76,81H,8-70H2,1-7H3,(H,86,87)(H,88,89)/t73?,74-,75+,76+/m0/s1. The zero-order valence-corrected chi connectivity index (χ0v) is 66.8. The molecule has 0 amide bonds. The number of carbonyl (C=O) groups excluding carboxylic acids is 4. The number of esters is 4. The summed E-state index contributed by atoms with van der Waals surface area (Å²) in [6, 6.07) is 0. The van der Waals surface area contributed by atoms with Gasteiger partial charge in [0, 0.05) is 25.7 Å². The fourth-order valence-electron chi connectivity index (χ4n) is 12.3. The number of hydrogen-bond donors (Lipinski definition) is 3. The third kappa shape index (κ3) is 72.8. The van der Waals surface area contributed by atoms with Crippen molar-refractivity contribution in [3.63, 3.8) is 0 Å². The van der Waals surface area contributed by atoms with Gasteiger partial charge in [0.05, 0.1) is 26.4 Å². The first kappa shape index (κ1) is 97.1. The average Bonchev–Trinajstić information content (AvgIpc) is 0.987. The molecule has 0 bridgehead atoms. The highest BCUT2D eigenvalue weighted by atomic mass is 31.2. The second-order valence-corrected chi connectivity index (χ2v) is 32.9. The smallest absolute Gasteiger partial charge is 0.462 e. The van der Waals surface area contributed by atoms with E-state index >= 15 is 0 Å². The van der Waals surface area contributed by atoms with Crippen molar-refractivity contribution in [2.75, 3.05) is 39.6 Å². The SMILES string of the molecule is CCCCCCCCCCC(=O)OC[C@H](COP(=O)(O)OC[C@H](O)COP(=O)(O)OC[C@@H](COC(=O)CCCCCCCCCCCCCCCCC(C)CC)OC(=O)CCCCCCCCCCCCCCCCCCCCC(C)C)OC(=O)CCCCCCCCCCCC(C)C. The zero-order chi connectivity index (χ0) is 73.0. The van der Waals surface area contributed by atoms with Crippen LogP contribution in [-0.4, -0.2) is 96.7 Å². The molecule has 0 aromatic carbocycles. The zero-order valence-electron chi connectivity index (χ0n) is 65.0.